The molecular weight excluding hydrogens is 676 g/mol. The average Bonchev–Trinajstić information content (AvgIpc) is 3.73. The monoisotopic (exact) mass is 707 g/mol. The number of amides is 1. The third-order valence-corrected chi connectivity index (χ3v) is 11.2. The summed E-state index contributed by atoms with van der Waals surface area (Å²) >= 11 is 0.741. The highest BCUT2D eigenvalue weighted by atomic mass is 32.1. The molecule has 0 aliphatic carbocycles. The molecule has 4 fully saturated rings. The number of hydrogen-bond acceptors (Lipinski definition) is 10. The lowest BCUT2D eigenvalue weighted by atomic mass is 9.89. The number of carbonyl (C=O) groups is 1. The topological polar surface area (TPSA) is 119 Å². The van der Waals surface area contributed by atoms with Crippen molar-refractivity contribution < 1.29 is 40.6 Å². The largest absolute Gasteiger partial charge is 0.461 e. The Bertz CT molecular complexity index is 1970. The number of fused-ring (bicyclic) bond motifs is 3. The van der Waals surface area contributed by atoms with Gasteiger partial charge in [0.25, 0.3) is 0 Å². The van der Waals surface area contributed by atoms with Gasteiger partial charge >= 0.3 is 12.2 Å². The Balaban J connectivity index is 1.27. The predicted octanol–water partition coefficient (Wildman–Crippen LogP) is 5.23. The molecule has 4 aromatic rings. The second-order valence-corrected chi connectivity index (χ2v) is 14.3. The Kier molecular flexibility index (Phi) is 7.60. The number of aromatic nitrogens is 3. The van der Waals surface area contributed by atoms with E-state index in [9.17, 15) is 26.7 Å². The van der Waals surface area contributed by atoms with Gasteiger partial charge in [0, 0.05) is 49.1 Å². The van der Waals surface area contributed by atoms with Crippen LogP contribution in [0.2, 0.25) is 0 Å². The first-order valence-corrected chi connectivity index (χ1v) is 16.8. The van der Waals surface area contributed by atoms with Gasteiger partial charge in [-0.3, -0.25) is 9.69 Å². The summed E-state index contributed by atoms with van der Waals surface area (Å²) in [6.45, 7) is 1.72. The van der Waals surface area contributed by atoms with Crippen molar-refractivity contribution in [3.63, 3.8) is 0 Å². The van der Waals surface area contributed by atoms with Crippen molar-refractivity contribution in [2.45, 2.75) is 55.6 Å². The summed E-state index contributed by atoms with van der Waals surface area (Å²) < 4.78 is 102. The molecular formula is C32H31F6N7O3S. The van der Waals surface area contributed by atoms with Gasteiger partial charge in [0.2, 0.25) is 5.91 Å². The van der Waals surface area contributed by atoms with Gasteiger partial charge in [-0.2, -0.15) is 23.1 Å². The van der Waals surface area contributed by atoms with Crippen LogP contribution < -0.4 is 20.7 Å². The van der Waals surface area contributed by atoms with Crippen LogP contribution in [-0.2, 0) is 15.7 Å². The fourth-order valence-corrected chi connectivity index (χ4v) is 8.62. The summed E-state index contributed by atoms with van der Waals surface area (Å²) in [5.74, 6) is -2.27. The molecule has 10 nitrogen and oxygen atoms in total. The number of nitrogens with zero attached hydrogens (tertiary/aromatic N) is 5. The molecule has 6 heterocycles. The molecule has 0 radical (unpaired) electrons. The summed E-state index contributed by atoms with van der Waals surface area (Å²) in [4.78, 5) is 28.4. The van der Waals surface area contributed by atoms with Gasteiger partial charge in [0.1, 0.15) is 36.5 Å². The molecule has 49 heavy (non-hydrogen) atoms. The second kappa shape index (κ2) is 11.6. The average molecular weight is 708 g/mol. The minimum atomic E-state index is -5.05. The van der Waals surface area contributed by atoms with E-state index in [1.165, 1.54) is 0 Å². The van der Waals surface area contributed by atoms with Crippen LogP contribution in [0.1, 0.15) is 37.7 Å². The summed E-state index contributed by atoms with van der Waals surface area (Å²) in [7, 11) is 0. The maximum Gasteiger partial charge on any atom is 0.417 e. The minimum Gasteiger partial charge on any atom is -0.461 e. The van der Waals surface area contributed by atoms with Gasteiger partial charge < -0.3 is 25.4 Å². The predicted molar refractivity (Wildman–Crippen MR) is 169 cm³/mol. The second-order valence-electron chi connectivity index (χ2n) is 13.3. The van der Waals surface area contributed by atoms with Gasteiger partial charge in [-0.25, -0.2) is 18.2 Å². The molecule has 260 valence electrons. The number of morpholine rings is 1. The number of alkyl halides is 4. The summed E-state index contributed by atoms with van der Waals surface area (Å²) in [5.41, 5.74) is 1.45. The first kappa shape index (κ1) is 32.3. The smallest absolute Gasteiger partial charge is 0.417 e. The number of anilines is 2. The Morgan fingerprint density at radius 3 is 2.63 bits per heavy atom. The van der Waals surface area contributed by atoms with Crippen LogP contribution in [0.4, 0.5) is 37.3 Å². The molecule has 0 bridgehead atoms. The fourth-order valence-electron chi connectivity index (χ4n) is 7.85. The molecule has 2 aromatic carbocycles. The third kappa shape index (κ3) is 5.49. The minimum absolute atomic E-state index is 0.0147. The number of piperidine rings is 1. The van der Waals surface area contributed by atoms with E-state index in [0.717, 1.165) is 36.0 Å². The van der Waals surface area contributed by atoms with Crippen molar-refractivity contribution in [2.75, 3.05) is 56.6 Å². The SMILES string of the molecule is Nc1nc2c(-c3c(C(F)(F)F)cc4c(N5CCC6(CC5)CNC(=O)CO6)nc(OC[C@@]56CCCN5C[C@H](F)C6)nc4c3F)ccc(F)c2s1. The van der Waals surface area contributed by atoms with Crippen LogP contribution in [0.5, 0.6) is 6.01 Å². The standard InChI is InChI=1S/C32H31F6N7O3S/c33-16-11-30(4-1-7-45(30)12-16)15-47-29-42-24-18(27(43-29)44-8-5-31(6-9-44)14-40-21(46)13-48-31)10-19(32(36,37)38)22(23(24)35)17-2-3-20(34)26-25(17)41-28(39)49-26/h2-3,10,16H,1,4-9,11-15H2,(H2,39,41)(H,40,46)/t16-,30+/m1/s1. The van der Waals surface area contributed by atoms with Crippen molar-refractivity contribution in [1.29, 1.82) is 0 Å². The lowest BCUT2D eigenvalue weighted by molar-refractivity contribution is -0.146. The normalized spacial score (nSPS) is 24.2. The van der Waals surface area contributed by atoms with E-state index in [2.05, 4.69) is 20.3 Å². The fraction of sp³-hybridized carbons (Fsp3) is 0.500. The molecule has 3 N–H and O–H groups in total. The van der Waals surface area contributed by atoms with E-state index in [0.29, 0.717) is 25.8 Å². The molecule has 2 atom stereocenters. The van der Waals surface area contributed by atoms with E-state index in [1.807, 2.05) is 4.90 Å². The van der Waals surface area contributed by atoms with Gasteiger partial charge in [-0.05, 0) is 50.4 Å². The highest BCUT2D eigenvalue weighted by Crippen LogP contribution is 2.47. The molecule has 0 saturated carbocycles. The number of ether oxygens (including phenoxy) is 2. The summed E-state index contributed by atoms with van der Waals surface area (Å²) in [5, 5.41) is 2.51. The highest BCUT2D eigenvalue weighted by Gasteiger charge is 2.49. The van der Waals surface area contributed by atoms with E-state index < -0.39 is 51.8 Å². The van der Waals surface area contributed by atoms with Gasteiger partial charge in [0.15, 0.2) is 10.9 Å². The number of carbonyl (C=O) groups excluding carboxylic acids is 1. The Morgan fingerprint density at radius 1 is 1.10 bits per heavy atom. The van der Waals surface area contributed by atoms with Crippen molar-refractivity contribution in [3.05, 3.63) is 35.4 Å². The van der Waals surface area contributed by atoms with E-state index in [4.69, 9.17) is 15.2 Å². The van der Waals surface area contributed by atoms with Crippen LogP contribution in [-0.4, -0.2) is 89.0 Å². The summed E-state index contributed by atoms with van der Waals surface area (Å²) in [6.07, 6.45) is -3.46. The molecule has 1 spiro atoms. The molecule has 4 saturated heterocycles. The van der Waals surface area contributed by atoms with E-state index in [1.54, 1.807) is 4.90 Å². The van der Waals surface area contributed by atoms with Gasteiger partial charge in [-0.1, -0.05) is 11.3 Å². The number of benzene rings is 2. The van der Waals surface area contributed by atoms with Crippen LogP contribution in [0.15, 0.2) is 18.2 Å². The zero-order chi connectivity index (χ0) is 34.3. The van der Waals surface area contributed by atoms with Crippen molar-refractivity contribution >= 4 is 49.3 Å². The van der Waals surface area contributed by atoms with Crippen molar-refractivity contribution in [2.24, 2.45) is 0 Å². The number of hydrogen-bond donors (Lipinski definition) is 2. The molecule has 17 heteroatoms. The van der Waals surface area contributed by atoms with Crippen LogP contribution in [0, 0.1) is 11.6 Å². The quantitative estimate of drug-likeness (QED) is 0.269. The summed E-state index contributed by atoms with van der Waals surface area (Å²) in [6, 6.07) is 2.54. The molecule has 0 unspecified atom stereocenters. The maximum atomic E-state index is 16.9. The number of halogens is 6. The number of nitrogen functional groups attached to an aromatic ring is 1. The highest BCUT2D eigenvalue weighted by molar-refractivity contribution is 7.22. The first-order valence-electron chi connectivity index (χ1n) is 16.0. The van der Waals surface area contributed by atoms with Crippen LogP contribution in [0.25, 0.3) is 32.2 Å². The lowest BCUT2D eigenvalue weighted by Crippen LogP contribution is -2.57. The van der Waals surface area contributed by atoms with E-state index >= 15 is 4.39 Å². The van der Waals surface area contributed by atoms with Crippen LogP contribution >= 0.6 is 11.3 Å². The first-order chi connectivity index (χ1) is 23.3. The van der Waals surface area contributed by atoms with Gasteiger partial charge in [-0.15, -0.1) is 0 Å². The van der Waals surface area contributed by atoms with Crippen molar-refractivity contribution in [3.8, 4) is 17.1 Å². The Labute approximate surface area is 279 Å². The van der Waals surface area contributed by atoms with Gasteiger partial charge in [0.05, 0.1) is 26.9 Å². The molecule has 4 aliphatic heterocycles. The lowest BCUT2D eigenvalue weighted by Gasteiger charge is -2.44. The zero-order valence-electron chi connectivity index (χ0n) is 26.0. The third-order valence-electron chi connectivity index (χ3n) is 10.3. The van der Waals surface area contributed by atoms with E-state index in [-0.39, 0.29) is 89.8 Å². The Hall–Kier alpha value is -3.96. The molecule has 1 amide bonds. The van der Waals surface area contributed by atoms with Crippen molar-refractivity contribution in [1.82, 2.24) is 25.2 Å². The number of thiazole rings is 1. The van der Waals surface area contributed by atoms with Crippen LogP contribution in [0.3, 0.4) is 0 Å². The number of nitrogens with two attached hydrogens (primary N) is 1. The zero-order valence-corrected chi connectivity index (χ0v) is 26.8. The molecule has 8 rings (SSSR count). The maximum absolute atomic E-state index is 16.9. The number of rotatable bonds is 5. The molecule has 2 aromatic heterocycles. The Morgan fingerprint density at radius 2 is 1.90 bits per heavy atom. The number of nitrogens with one attached hydrogen (secondary N) is 1. The molecule has 4 aliphatic rings.